The molecule has 1 saturated heterocycles. The Labute approximate surface area is 203 Å². The third-order valence-electron chi connectivity index (χ3n) is 6.85. The zero-order valence-corrected chi connectivity index (χ0v) is 20.7. The molecule has 0 radical (unpaired) electrons. The Kier molecular flexibility index (Phi) is 7.73. The van der Waals surface area contributed by atoms with Crippen LogP contribution < -0.4 is 4.74 Å². The second-order valence-corrected chi connectivity index (χ2v) is 11.2. The minimum Gasteiger partial charge on any atom is -0.490 e. The van der Waals surface area contributed by atoms with Crippen molar-refractivity contribution >= 4 is 15.9 Å². The molecule has 0 N–H and O–H groups in total. The van der Waals surface area contributed by atoms with Gasteiger partial charge in [-0.25, -0.2) is 8.42 Å². The van der Waals surface area contributed by atoms with Crippen LogP contribution in [0, 0.1) is 5.92 Å². The van der Waals surface area contributed by atoms with Crippen molar-refractivity contribution in [1.29, 1.82) is 0 Å². The largest absolute Gasteiger partial charge is 0.490 e. The zero-order chi connectivity index (χ0) is 24.1. The van der Waals surface area contributed by atoms with Crippen molar-refractivity contribution in [3.63, 3.8) is 0 Å². The Morgan fingerprint density at radius 1 is 1.09 bits per heavy atom. The highest BCUT2D eigenvalue weighted by molar-refractivity contribution is 7.89. The molecular weight excluding hydrogens is 448 g/mol. The third kappa shape index (κ3) is 5.53. The topological polar surface area (TPSA) is 66.9 Å². The number of carbonyl (C=O) groups excluding carboxylic acids is 1. The molecule has 0 aromatic heterocycles. The van der Waals surface area contributed by atoms with Crippen LogP contribution in [0.15, 0.2) is 60.0 Å². The molecule has 7 heteroatoms. The molecule has 1 aliphatic carbocycles. The average Bonchev–Trinajstić information content (AvgIpc) is 2.87. The Bertz CT molecular complexity index is 1120. The summed E-state index contributed by atoms with van der Waals surface area (Å²) in [6.45, 7) is 5.35. The number of aryl methyl sites for hydroxylation is 2. The number of fused-ring (bicyclic) bond motifs is 1. The first-order chi connectivity index (χ1) is 16.4. The van der Waals surface area contributed by atoms with Gasteiger partial charge in [0.2, 0.25) is 15.9 Å². The quantitative estimate of drug-likeness (QED) is 0.529. The smallest absolute Gasteiger partial charge is 0.243 e. The van der Waals surface area contributed by atoms with E-state index in [1.807, 2.05) is 36.4 Å². The van der Waals surface area contributed by atoms with E-state index in [0.717, 1.165) is 30.6 Å². The van der Waals surface area contributed by atoms with Crippen molar-refractivity contribution in [3.05, 3.63) is 71.8 Å². The Hall–Kier alpha value is -2.64. The normalized spacial score (nSPS) is 17.1. The van der Waals surface area contributed by atoms with Crippen LogP contribution in [0.4, 0.5) is 0 Å². The van der Waals surface area contributed by atoms with E-state index >= 15 is 0 Å². The lowest BCUT2D eigenvalue weighted by molar-refractivity contribution is -0.135. The maximum Gasteiger partial charge on any atom is 0.243 e. The van der Waals surface area contributed by atoms with Gasteiger partial charge >= 0.3 is 0 Å². The van der Waals surface area contributed by atoms with Crippen molar-refractivity contribution in [2.75, 3.05) is 26.7 Å². The monoisotopic (exact) mass is 482 g/mol. The van der Waals surface area contributed by atoms with Crippen molar-refractivity contribution in [1.82, 2.24) is 9.21 Å². The first-order valence-corrected chi connectivity index (χ1v) is 13.5. The van der Waals surface area contributed by atoms with E-state index in [-0.39, 0.29) is 11.8 Å². The molecule has 1 fully saturated rings. The van der Waals surface area contributed by atoms with Gasteiger partial charge in [0.25, 0.3) is 0 Å². The van der Waals surface area contributed by atoms with Gasteiger partial charge in [0, 0.05) is 32.6 Å². The number of carbonyl (C=O) groups is 1. The van der Waals surface area contributed by atoms with Gasteiger partial charge in [0.15, 0.2) is 0 Å². The molecule has 4 rings (SSSR count). The van der Waals surface area contributed by atoms with Gasteiger partial charge in [0.05, 0.1) is 4.90 Å². The molecule has 34 heavy (non-hydrogen) atoms. The van der Waals surface area contributed by atoms with Crippen LogP contribution in [-0.4, -0.2) is 50.3 Å². The minimum absolute atomic E-state index is 0.0674. The number of hydrogen-bond acceptors (Lipinski definition) is 4. The number of benzene rings is 2. The minimum atomic E-state index is -3.53. The van der Waals surface area contributed by atoms with Crippen LogP contribution in [0.25, 0.3) is 0 Å². The lowest BCUT2D eigenvalue weighted by Gasteiger charge is -2.32. The second kappa shape index (κ2) is 10.7. The van der Waals surface area contributed by atoms with E-state index in [0.29, 0.717) is 44.0 Å². The van der Waals surface area contributed by atoms with Gasteiger partial charge in [-0.1, -0.05) is 30.9 Å². The summed E-state index contributed by atoms with van der Waals surface area (Å²) in [6.07, 6.45) is 7.05. The SMILES string of the molecule is C=CCOc1ccc(CN(C)C(=O)C2CCN(S(=O)(=O)c3ccc4c(c3)CCCC4)CC2)cc1. The molecule has 1 amide bonds. The van der Waals surface area contributed by atoms with Crippen LogP contribution >= 0.6 is 0 Å². The first-order valence-electron chi connectivity index (χ1n) is 12.1. The summed E-state index contributed by atoms with van der Waals surface area (Å²) < 4.78 is 33.5. The fourth-order valence-electron chi connectivity index (χ4n) is 4.87. The Balaban J connectivity index is 1.32. The van der Waals surface area contributed by atoms with Gasteiger partial charge in [-0.05, 0) is 79.5 Å². The van der Waals surface area contributed by atoms with Crippen molar-refractivity contribution in [3.8, 4) is 5.75 Å². The number of nitrogens with zero attached hydrogens (tertiary/aromatic N) is 2. The highest BCUT2D eigenvalue weighted by Crippen LogP contribution is 2.29. The predicted octanol–water partition coefficient (Wildman–Crippen LogP) is 4.19. The maximum absolute atomic E-state index is 13.2. The molecule has 182 valence electrons. The molecule has 0 atom stereocenters. The maximum atomic E-state index is 13.2. The number of sulfonamides is 1. The van der Waals surface area contributed by atoms with Crippen molar-refractivity contribution in [2.45, 2.75) is 50.0 Å². The lowest BCUT2D eigenvalue weighted by Crippen LogP contribution is -2.43. The highest BCUT2D eigenvalue weighted by Gasteiger charge is 2.33. The number of hydrogen-bond donors (Lipinski definition) is 0. The molecule has 0 saturated carbocycles. The first kappa shape index (κ1) is 24.5. The summed E-state index contributed by atoms with van der Waals surface area (Å²) >= 11 is 0. The lowest BCUT2D eigenvalue weighted by atomic mass is 9.92. The summed E-state index contributed by atoms with van der Waals surface area (Å²) in [7, 11) is -1.73. The number of amides is 1. The second-order valence-electron chi connectivity index (χ2n) is 9.25. The number of piperidine rings is 1. The van der Waals surface area contributed by atoms with Gasteiger partial charge in [-0.15, -0.1) is 0 Å². The fraction of sp³-hybridized carbons (Fsp3) is 0.444. The van der Waals surface area contributed by atoms with Crippen molar-refractivity contribution < 1.29 is 17.9 Å². The Morgan fingerprint density at radius 3 is 2.44 bits per heavy atom. The van der Waals surface area contributed by atoms with Crippen molar-refractivity contribution in [2.24, 2.45) is 5.92 Å². The molecule has 2 aliphatic rings. The summed E-state index contributed by atoms with van der Waals surface area (Å²) in [5.41, 5.74) is 3.46. The summed E-state index contributed by atoms with van der Waals surface area (Å²) in [4.78, 5) is 15.1. The number of ether oxygens (including phenoxy) is 1. The molecule has 0 spiro atoms. The van der Waals surface area contributed by atoms with Crippen LogP contribution in [0.5, 0.6) is 5.75 Å². The van der Waals surface area contributed by atoms with E-state index in [2.05, 4.69) is 6.58 Å². The predicted molar refractivity (Wildman–Crippen MR) is 133 cm³/mol. The molecule has 2 aromatic rings. The van der Waals surface area contributed by atoms with Gasteiger partial charge < -0.3 is 9.64 Å². The molecule has 2 aromatic carbocycles. The van der Waals surface area contributed by atoms with Crippen LogP contribution in [0.1, 0.15) is 42.4 Å². The molecule has 1 heterocycles. The molecule has 0 unspecified atom stereocenters. The van der Waals surface area contributed by atoms with E-state index in [1.54, 1.807) is 28.4 Å². The molecule has 0 bridgehead atoms. The van der Waals surface area contributed by atoms with E-state index in [4.69, 9.17) is 4.74 Å². The van der Waals surface area contributed by atoms with Crippen LogP contribution in [0.2, 0.25) is 0 Å². The van der Waals surface area contributed by atoms with Crippen LogP contribution in [0.3, 0.4) is 0 Å². The summed E-state index contributed by atoms with van der Waals surface area (Å²) in [5.74, 6) is 0.679. The number of rotatable bonds is 8. The summed E-state index contributed by atoms with van der Waals surface area (Å²) in [5, 5.41) is 0. The van der Waals surface area contributed by atoms with Gasteiger partial charge in [-0.2, -0.15) is 4.31 Å². The van der Waals surface area contributed by atoms with Gasteiger partial charge in [0.1, 0.15) is 12.4 Å². The Morgan fingerprint density at radius 2 is 1.76 bits per heavy atom. The third-order valence-corrected chi connectivity index (χ3v) is 8.74. The van der Waals surface area contributed by atoms with Gasteiger partial charge in [-0.3, -0.25) is 4.79 Å². The highest BCUT2D eigenvalue weighted by atomic mass is 32.2. The molecular formula is C27H34N2O4S. The van der Waals surface area contributed by atoms with E-state index in [1.165, 1.54) is 17.5 Å². The zero-order valence-electron chi connectivity index (χ0n) is 19.9. The fourth-order valence-corrected chi connectivity index (χ4v) is 6.39. The van der Waals surface area contributed by atoms with E-state index < -0.39 is 10.0 Å². The standard InChI is InChI=1S/C27H34N2O4S/c1-3-18-33-25-11-8-21(9-12-25)20-28(2)27(30)23-14-16-29(17-15-23)34(31,32)26-13-10-22-6-4-5-7-24(22)19-26/h3,8-13,19,23H,1,4-7,14-18,20H2,2H3. The average molecular weight is 483 g/mol. The molecule has 6 nitrogen and oxygen atoms in total. The summed E-state index contributed by atoms with van der Waals surface area (Å²) in [6, 6.07) is 13.3. The molecule has 1 aliphatic heterocycles. The van der Waals surface area contributed by atoms with Crippen LogP contribution in [-0.2, 0) is 34.2 Å². The van der Waals surface area contributed by atoms with E-state index in [9.17, 15) is 13.2 Å².